The van der Waals surface area contributed by atoms with Crippen LogP contribution in [0, 0.1) is 0 Å². The highest BCUT2D eigenvalue weighted by molar-refractivity contribution is 5.97. The molecule has 82 valence electrons. The van der Waals surface area contributed by atoms with Gasteiger partial charge in [-0.2, -0.15) is 0 Å². The largest absolute Gasteiger partial charge is 0.507 e. The molecule has 1 aliphatic heterocycles. The Morgan fingerprint density at radius 2 is 1.81 bits per heavy atom. The van der Waals surface area contributed by atoms with Crippen LogP contribution in [0.2, 0.25) is 0 Å². The van der Waals surface area contributed by atoms with Crippen molar-refractivity contribution in [2.24, 2.45) is 0 Å². The summed E-state index contributed by atoms with van der Waals surface area (Å²) in [6.07, 6.45) is 0. The minimum Gasteiger partial charge on any atom is -0.507 e. The zero-order valence-corrected chi connectivity index (χ0v) is 8.81. The highest BCUT2D eigenvalue weighted by Crippen LogP contribution is 2.30. The van der Waals surface area contributed by atoms with Crippen LogP contribution in [0.1, 0.15) is 0 Å². The first-order valence-electron chi connectivity index (χ1n) is 5.39. The van der Waals surface area contributed by atoms with Gasteiger partial charge < -0.3 is 15.2 Å². The summed E-state index contributed by atoms with van der Waals surface area (Å²) in [4.78, 5) is 0. The third-order valence-corrected chi connectivity index (χ3v) is 2.90. The van der Waals surface area contributed by atoms with Crippen LogP contribution in [0.5, 0.6) is 5.75 Å². The van der Waals surface area contributed by atoms with Crippen LogP contribution < -0.4 is 5.32 Å². The Kier molecular flexibility index (Phi) is 2.18. The molecule has 0 spiro atoms. The van der Waals surface area contributed by atoms with Crippen molar-refractivity contribution in [3.8, 4) is 5.75 Å². The van der Waals surface area contributed by atoms with Crippen molar-refractivity contribution in [3.63, 3.8) is 0 Å². The molecule has 0 saturated carbocycles. The average Bonchev–Trinajstić information content (AvgIpc) is 2.24. The fraction of sp³-hybridized carbons (Fsp3) is 0.231. The van der Waals surface area contributed by atoms with Crippen molar-refractivity contribution < 1.29 is 9.84 Å². The number of phenolic OH excluding ortho intramolecular Hbond substituents is 1. The van der Waals surface area contributed by atoms with Crippen LogP contribution in [0.15, 0.2) is 36.4 Å². The van der Waals surface area contributed by atoms with Gasteiger partial charge in [0.15, 0.2) is 0 Å². The van der Waals surface area contributed by atoms with Crippen LogP contribution >= 0.6 is 0 Å². The number of fused-ring (bicyclic) bond motifs is 1. The monoisotopic (exact) mass is 215 g/mol. The third kappa shape index (κ3) is 1.49. The van der Waals surface area contributed by atoms with E-state index >= 15 is 0 Å². The molecule has 0 amide bonds. The van der Waals surface area contributed by atoms with Crippen LogP contribution in [0.25, 0.3) is 10.8 Å². The zero-order valence-electron chi connectivity index (χ0n) is 8.81. The van der Waals surface area contributed by atoms with Gasteiger partial charge in [0.2, 0.25) is 0 Å². The van der Waals surface area contributed by atoms with Gasteiger partial charge in [0, 0.05) is 16.5 Å². The quantitative estimate of drug-likeness (QED) is 0.808. The first-order chi connectivity index (χ1) is 7.84. The van der Waals surface area contributed by atoms with Gasteiger partial charge in [0.25, 0.3) is 0 Å². The molecule has 0 radical (unpaired) electrons. The SMILES string of the molecule is Oc1cccc2c(NC3COC3)cccc12. The Labute approximate surface area is 93.7 Å². The van der Waals surface area contributed by atoms with E-state index in [2.05, 4.69) is 5.32 Å². The Morgan fingerprint density at radius 1 is 1.06 bits per heavy atom. The van der Waals surface area contributed by atoms with E-state index in [1.807, 2.05) is 30.3 Å². The second-order valence-electron chi connectivity index (χ2n) is 4.06. The number of aromatic hydroxyl groups is 1. The Balaban J connectivity index is 2.06. The lowest BCUT2D eigenvalue weighted by Gasteiger charge is -2.28. The van der Waals surface area contributed by atoms with Gasteiger partial charge in [-0.3, -0.25) is 0 Å². The van der Waals surface area contributed by atoms with Gasteiger partial charge in [-0.1, -0.05) is 24.3 Å². The lowest BCUT2D eigenvalue weighted by atomic mass is 10.1. The fourth-order valence-electron chi connectivity index (χ4n) is 1.96. The minimum absolute atomic E-state index is 0.325. The first-order valence-corrected chi connectivity index (χ1v) is 5.39. The number of ether oxygens (including phenoxy) is 1. The van der Waals surface area contributed by atoms with Gasteiger partial charge in [-0.15, -0.1) is 0 Å². The van der Waals surface area contributed by atoms with E-state index < -0.39 is 0 Å². The second-order valence-corrected chi connectivity index (χ2v) is 4.06. The van der Waals surface area contributed by atoms with E-state index in [9.17, 15) is 5.11 Å². The second kappa shape index (κ2) is 3.68. The van der Waals surface area contributed by atoms with E-state index in [0.717, 1.165) is 29.7 Å². The maximum absolute atomic E-state index is 9.75. The molecule has 0 atom stereocenters. The van der Waals surface area contributed by atoms with E-state index in [1.54, 1.807) is 6.07 Å². The number of phenols is 1. The zero-order chi connectivity index (χ0) is 11.0. The molecule has 3 rings (SSSR count). The average molecular weight is 215 g/mol. The molecule has 2 aromatic carbocycles. The van der Waals surface area contributed by atoms with Crippen LogP contribution in [0.3, 0.4) is 0 Å². The highest BCUT2D eigenvalue weighted by atomic mass is 16.5. The Morgan fingerprint density at radius 3 is 2.56 bits per heavy atom. The first kappa shape index (κ1) is 9.48. The van der Waals surface area contributed by atoms with Gasteiger partial charge >= 0.3 is 0 Å². The smallest absolute Gasteiger partial charge is 0.123 e. The summed E-state index contributed by atoms with van der Waals surface area (Å²) < 4.78 is 5.13. The minimum atomic E-state index is 0.325. The molecular formula is C13H13NO2. The topological polar surface area (TPSA) is 41.5 Å². The normalized spacial score (nSPS) is 16.0. The summed E-state index contributed by atoms with van der Waals surface area (Å²) in [6.45, 7) is 1.52. The predicted octanol–water partition coefficient (Wildman–Crippen LogP) is 2.36. The van der Waals surface area contributed by atoms with Gasteiger partial charge in [-0.25, -0.2) is 0 Å². The van der Waals surface area contributed by atoms with Gasteiger partial charge in [-0.05, 0) is 12.1 Å². The summed E-state index contributed by atoms with van der Waals surface area (Å²) in [5, 5.41) is 15.1. The molecule has 0 bridgehead atoms. The molecule has 2 aromatic rings. The molecule has 0 aromatic heterocycles. The van der Waals surface area contributed by atoms with Crippen molar-refractivity contribution >= 4 is 16.5 Å². The molecule has 1 saturated heterocycles. The van der Waals surface area contributed by atoms with Gasteiger partial charge in [0.05, 0.1) is 19.3 Å². The maximum atomic E-state index is 9.75. The molecular weight excluding hydrogens is 202 g/mol. The van der Waals surface area contributed by atoms with E-state index in [0.29, 0.717) is 11.8 Å². The lowest BCUT2D eigenvalue weighted by Crippen LogP contribution is -2.40. The van der Waals surface area contributed by atoms with Crippen LogP contribution in [-0.2, 0) is 4.74 Å². The highest BCUT2D eigenvalue weighted by Gasteiger charge is 2.18. The molecule has 3 heteroatoms. The van der Waals surface area contributed by atoms with E-state index in [4.69, 9.17) is 4.74 Å². The number of hydrogen-bond acceptors (Lipinski definition) is 3. The summed E-state index contributed by atoms with van der Waals surface area (Å²) in [5.74, 6) is 0.325. The molecule has 16 heavy (non-hydrogen) atoms. The molecule has 1 fully saturated rings. The predicted molar refractivity (Wildman–Crippen MR) is 63.8 cm³/mol. The number of hydrogen-bond donors (Lipinski definition) is 2. The maximum Gasteiger partial charge on any atom is 0.123 e. The van der Waals surface area contributed by atoms with Crippen molar-refractivity contribution in [1.29, 1.82) is 0 Å². The number of anilines is 1. The summed E-state index contributed by atoms with van der Waals surface area (Å²) >= 11 is 0. The van der Waals surface area contributed by atoms with Crippen molar-refractivity contribution in [2.75, 3.05) is 18.5 Å². The van der Waals surface area contributed by atoms with Crippen molar-refractivity contribution in [3.05, 3.63) is 36.4 Å². The molecule has 1 heterocycles. The molecule has 0 unspecified atom stereocenters. The summed E-state index contributed by atoms with van der Waals surface area (Å²) in [6, 6.07) is 11.9. The van der Waals surface area contributed by atoms with E-state index in [1.165, 1.54) is 0 Å². The fourth-order valence-corrected chi connectivity index (χ4v) is 1.96. The van der Waals surface area contributed by atoms with E-state index in [-0.39, 0.29) is 0 Å². The van der Waals surface area contributed by atoms with Crippen LogP contribution in [0.4, 0.5) is 5.69 Å². The lowest BCUT2D eigenvalue weighted by molar-refractivity contribution is 0.0211. The van der Waals surface area contributed by atoms with Gasteiger partial charge in [0.1, 0.15) is 5.75 Å². The number of rotatable bonds is 2. The summed E-state index contributed by atoms with van der Waals surface area (Å²) in [5.41, 5.74) is 1.06. The van der Waals surface area contributed by atoms with Crippen LogP contribution in [-0.4, -0.2) is 24.4 Å². The molecule has 2 N–H and O–H groups in total. The standard InChI is InChI=1S/C13H13NO2/c15-13-6-2-3-10-11(13)4-1-5-12(10)14-9-7-16-8-9/h1-6,9,14-15H,7-8H2. The molecule has 3 nitrogen and oxygen atoms in total. The Bertz CT molecular complexity index is 520. The summed E-state index contributed by atoms with van der Waals surface area (Å²) in [7, 11) is 0. The van der Waals surface area contributed by atoms with Crippen molar-refractivity contribution in [1.82, 2.24) is 0 Å². The molecule has 1 aliphatic rings. The number of nitrogens with one attached hydrogen (secondary N) is 1. The van der Waals surface area contributed by atoms with Crippen molar-refractivity contribution in [2.45, 2.75) is 6.04 Å². The molecule has 0 aliphatic carbocycles. The Hall–Kier alpha value is -1.74. The third-order valence-electron chi connectivity index (χ3n) is 2.90. The number of benzene rings is 2.